The minimum Gasteiger partial charge on any atom is -0.480 e. The molecule has 2 atom stereocenters. The SMILES string of the molecule is CS(=O)(=O)c1ccc(C(Oc2cc(-c3ccc(C[C@H](N)C(=O)O)cc3)nc(N)n2)C(F)(F)F)cc1. The molecule has 9 nitrogen and oxygen atoms in total. The molecule has 0 saturated carbocycles. The molecule has 0 aliphatic heterocycles. The van der Waals surface area contributed by atoms with Crippen LogP contribution in [-0.4, -0.2) is 47.9 Å². The van der Waals surface area contributed by atoms with Gasteiger partial charge in [0.1, 0.15) is 6.04 Å². The van der Waals surface area contributed by atoms with Crippen molar-refractivity contribution in [3.05, 3.63) is 65.7 Å². The van der Waals surface area contributed by atoms with Gasteiger partial charge in [-0.1, -0.05) is 36.4 Å². The highest BCUT2D eigenvalue weighted by Crippen LogP contribution is 2.37. The number of nitrogen functional groups attached to an aromatic ring is 1. The summed E-state index contributed by atoms with van der Waals surface area (Å²) < 4.78 is 69.7. The van der Waals surface area contributed by atoms with Crippen LogP contribution in [0.25, 0.3) is 11.3 Å². The van der Waals surface area contributed by atoms with Gasteiger partial charge >= 0.3 is 12.1 Å². The Labute approximate surface area is 198 Å². The molecule has 3 aromatic rings. The number of halogens is 3. The zero-order chi connectivity index (χ0) is 26.0. The Balaban J connectivity index is 1.89. The van der Waals surface area contributed by atoms with Crippen LogP contribution >= 0.6 is 0 Å². The van der Waals surface area contributed by atoms with Crippen LogP contribution < -0.4 is 16.2 Å². The zero-order valence-corrected chi connectivity index (χ0v) is 19.0. The van der Waals surface area contributed by atoms with Crippen molar-refractivity contribution in [1.29, 1.82) is 0 Å². The van der Waals surface area contributed by atoms with Crippen LogP contribution in [0.1, 0.15) is 17.2 Å². The minimum absolute atomic E-state index is 0.0846. The third-order valence-corrected chi connectivity index (χ3v) is 6.02. The number of carboxylic acids is 1. The molecule has 0 aliphatic rings. The van der Waals surface area contributed by atoms with Crippen LogP contribution in [0.5, 0.6) is 5.88 Å². The number of rotatable bonds is 8. The largest absolute Gasteiger partial charge is 0.480 e. The average Bonchev–Trinajstić information content (AvgIpc) is 2.76. The first-order valence-corrected chi connectivity index (χ1v) is 11.9. The number of hydrogen-bond donors (Lipinski definition) is 3. The molecule has 1 unspecified atom stereocenters. The maximum Gasteiger partial charge on any atom is 0.429 e. The van der Waals surface area contributed by atoms with Crippen LogP contribution in [0, 0.1) is 0 Å². The van der Waals surface area contributed by atoms with Crippen LogP contribution in [0.15, 0.2) is 59.5 Å². The lowest BCUT2D eigenvalue weighted by Gasteiger charge is -2.22. The lowest BCUT2D eigenvalue weighted by atomic mass is 10.0. The van der Waals surface area contributed by atoms with Gasteiger partial charge in [0.25, 0.3) is 0 Å². The number of ether oxygens (including phenoxy) is 1. The number of nitrogens with zero attached hydrogens (tertiary/aromatic N) is 2. The Hall–Kier alpha value is -3.71. The molecule has 0 radical (unpaired) electrons. The predicted octanol–water partition coefficient (Wildman–Crippen LogP) is 2.77. The Morgan fingerprint density at radius 2 is 1.69 bits per heavy atom. The second-order valence-corrected chi connectivity index (χ2v) is 9.69. The fourth-order valence-electron chi connectivity index (χ4n) is 3.14. The van der Waals surface area contributed by atoms with Gasteiger partial charge in [-0.2, -0.15) is 18.2 Å². The highest BCUT2D eigenvalue weighted by Gasteiger charge is 2.43. The number of benzene rings is 2. The van der Waals surface area contributed by atoms with E-state index in [1.807, 2.05) is 0 Å². The summed E-state index contributed by atoms with van der Waals surface area (Å²) in [5.41, 5.74) is 12.2. The Bertz CT molecular complexity index is 1310. The number of carboxylic acid groups (broad SMARTS) is 1. The van der Waals surface area contributed by atoms with E-state index in [2.05, 4.69) is 9.97 Å². The molecule has 5 N–H and O–H groups in total. The summed E-state index contributed by atoms with van der Waals surface area (Å²) in [6, 6.07) is 10.6. The standard InChI is InChI=1S/C22H21F3N4O5S/c1-35(32,33)15-8-6-14(7-9-15)19(22(23,24)25)34-18-11-17(28-21(27)29-18)13-4-2-12(3-5-13)10-16(26)20(30)31/h2-9,11,16,19H,10,26H2,1H3,(H,30,31)(H2,27,28,29)/t16-,19?/m0/s1. The van der Waals surface area contributed by atoms with Crippen molar-refractivity contribution in [1.82, 2.24) is 9.97 Å². The summed E-state index contributed by atoms with van der Waals surface area (Å²) in [5.74, 6) is -1.92. The normalized spacial score (nSPS) is 13.7. The van der Waals surface area contributed by atoms with Crippen molar-refractivity contribution in [2.75, 3.05) is 12.0 Å². The van der Waals surface area contributed by atoms with Gasteiger partial charge in [0.15, 0.2) is 9.84 Å². The van der Waals surface area contributed by atoms with E-state index >= 15 is 0 Å². The number of nitrogens with two attached hydrogens (primary N) is 2. The van der Waals surface area contributed by atoms with Gasteiger partial charge in [-0.15, -0.1) is 0 Å². The lowest BCUT2D eigenvalue weighted by Crippen LogP contribution is -2.32. The molecule has 0 spiro atoms. The number of carbonyl (C=O) groups is 1. The van der Waals surface area contributed by atoms with Crippen LogP contribution in [0.3, 0.4) is 0 Å². The number of anilines is 1. The molecule has 0 bridgehead atoms. The summed E-state index contributed by atoms with van der Waals surface area (Å²) in [7, 11) is -3.59. The third-order valence-electron chi connectivity index (χ3n) is 4.89. The highest BCUT2D eigenvalue weighted by atomic mass is 32.2. The minimum atomic E-state index is -4.85. The molecule has 0 fully saturated rings. The van der Waals surface area contributed by atoms with E-state index in [1.165, 1.54) is 6.07 Å². The summed E-state index contributed by atoms with van der Waals surface area (Å²) in [4.78, 5) is 18.5. The summed E-state index contributed by atoms with van der Waals surface area (Å²) in [6.07, 6.45) is -6.27. The van der Waals surface area contributed by atoms with Crippen molar-refractivity contribution in [2.45, 2.75) is 29.6 Å². The summed E-state index contributed by atoms with van der Waals surface area (Å²) in [6.45, 7) is 0. The van der Waals surface area contributed by atoms with E-state index < -0.39 is 40.0 Å². The Kier molecular flexibility index (Phi) is 7.31. The van der Waals surface area contributed by atoms with Crippen LogP contribution in [0.4, 0.5) is 19.1 Å². The molecule has 1 heterocycles. The second kappa shape index (κ2) is 9.88. The van der Waals surface area contributed by atoms with E-state index in [-0.39, 0.29) is 28.5 Å². The van der Waals surface area contributed by atoms with E-state index in [9.17, 15) is 26.4 Å². The molecule has 0 saturated heterocycles. The fourth-order valence-corrected chi connectivity index (χ4v) is 3.77. The van der Waals surface area contributed by atoms with Gasteiger partial charge in [0, 0.05) is 23.4 Å². The average molecular weight is 510 g/mol. The lowest BCUT2D eigenvalue weighted by molar-refractivity contribution is -0.198. The van der Waals surface area contributed by atoms with Crippen LogP contribution in [0.2, 0.25) is 0 Å². The van der Waals surface area contributed by atoms with E-state index in [0.717, 1.165) is 30.5 Å². The summed E-state index contributed by atoms with van der Waals surface area (Å²) in [5, 5.41) is 8.92. The first-order chi connectivity index (χ1) is 16.2. The van der Waals surface area contributed by atoms with Crippen molar-refractivity contribution < 1.29 is 36.2 Å². The molecule has 0 aliphatic carbocycles. The highest BCUT2D eigenvalue weighted by molar-refractivity contribution is 7.90. The number of hydrogen-bond acceptors (Lipinski definition) is 8. The number of aromatic nitrogens is 2. The topological polar surface area (TPSA) is 158 Å². The molecule has 0 amide bonds. The Morgan fingerprint density at radius 1 is 1.09 bits per heavy atom. The van der Waals surface area contributed by atoms with E-state index in [1.54, 1.807) is 24.3 Å². The number of aliphatic carboxylic acids is 1. The van der Waals surface area contributed by atoms with Gasteiger partial charge in [0.2, 0.25) is 17.9 Å². The second-order valence-electron chi connectivity index (χ2n) is 7.68. The maximum atomic E-state index is 13.8. The predicted molar refractivity (Wildman–Crippen MR) is 120 cm³/mol. The van der Waals surface area contributed by atoms with E-state index in [4.69, 9.17) is 21.3 Å². The van der Waals surface area contributed by atoms with Crippen molar-refractivity contribution in [3.63, 3.8) is 0 Å². The molecule has 35 heavy (non-hydrogen) atoms. The third kappa shape index (κ3) is 6.67. The van der Waals surface area contributed by atoms with Gasteiger partial charge in [0.05, 0.1) is 10.6 Å². The first kappa shape index (κ1) is 25.9. The quantitative estimate of drug-likeness (QED) is 0.414. The Morgan fingerprint density at radius 3 is 2.20 bits per heavy atom. The number of alkyl halides is 3. The summed E-state index contributed by atoms with van der Waals surface area (Å²) >= 11 is 0. The van der Waals surface area contributed by atoms with Gasteiger partial charge in [-0.25, -0.2) is 13.4 Å². The fraction of sp³-hybridized carbons (Fsp3) is 0.227. The first-order valence-electron chi connectivity index (χ1n) is 9.99. The van der Waals surface area contributed by atoms with Crippen molar-refractivity contribution in [2.24, 2.45) is 5.73 Å². The molecular formula is C22H21F3N4O5S. The smallest absolute Gasteiger partial charge is 0.429 e. The van der Waals surface area contributed by atoms with Crippen LogP contribution in [-0.2, 0) is 21.1 Å². The molecule has 3 rings (SSSR count). The monoisotopic (exact) mass is 510 g/mol. The zero-order valence-electron chi connectivity index (χ0n) is 18.2. The van der Waals surface area contributed by atoms with Crippen molar-refractivity contribution >= 4 is 21.8 Å². The van der Waals surface area contributed by atoms with Gasteiger partial charge < -0.3 is 21.3 Å². The molecule has 13 heteroatoms. The molecule has 1 aromatic heterocycles. The molecular weight excluding hydrogens is 489 g/mol. The molecule has 186 valence electrons. The van der Waals surface area contributed by atoms with E-state index in [0.29, 0.717) is 11.1 Å². The van der Waals surface area contributed by atoms with Gasteiger partial charge in [-0.05, 0) is 24.1 Å². The number of sulfone groups is 1. The van der Waals surface area contributed by atoms with Gasteiger partial charge in [-0.3, -0.25) is 4.79 Å². The van der Waals surface area contributed by atoms with Crippen molar-refractivity contribution in [3.8, 4) is 17.1 Å². The molecule has 2 aromatic carbocycles. The maximum absolute atomic E-state index is 13.8.